The van der Waals surface area contributed by atoms with Gasteiger partial charge in [-0.15, -0.1) is 11.3 Å². The molecule has 0 saturated carbocycles. The van der Waals surface area contributed by atoms with Crippen molar-refractivity contribution >= 4 is 27.3 Å². The molecule has 0 aliphatic carbocycles. The Balaban J connectivity index is 1.82. The predicted octanol–water partition coefficient (Wildman–Crippen LogP) is 6.22. The zero-order valence-electron chi connectivity index (χ0n) is 15.5. The maximum absolute atomic E-state index is 13.0. The largest absolute Gasteiger partial charge is 0.416 e. The summed E-state index contributed by atoms with van der Waals surface area (Å²) in [6.45, 7) is 3.62. The van der Waals surface area contributed by atoms with Crippen molar-refractivity contribution in [3.05, 3.63) is 81.9 Å². The molecule has 7 heteroatoms. The molecule has 0 bridgehead atoms. The number of thiophene rings is 1. The molecule has 0 fully saturated rings. The molecule has 146 valence electrons. The fraction of sp³-hybridized carbons (Fsp3) is 0.136. The molecular weight excluding hydrogens is 397 g/mol. The number of aromatic nitrogens is 2. The van der Waals surface area contributed by atoms with Crippen LogP contribution >= 0.6 is 11.3 Å². The molecular formula is C22H15F3N2OS. The average Bonchev–Trinajstić information content (AvgIpc) is 3.04. The highest BCUT2D eigenvalue weighted by atomic mass is 32.1. The molecule has 0 aliphatic heterocycles. The molecule has 0 N–H and O–H groups in total. The van der Waals surface area contributed by atoms with Crippen LogP contribution in [0.3, 0.4) is 0 Å². The minimum Gasteiger partial charge on any atom is -0.288 e. The highest BCUT2D eigenvalue weighted by molar-refractivity contribution is 7.20. The Labute approximate surface area is 168 Å². The number of nitrogens with zero attached hydrogens (tertiary/aromatic N) is 2. The second-order valence-corrected chi connectivity index (χ2v) is 7.64. The molecule has 2 aromatic heterocycles. The Hall–Kier alpha value is -3.06. The first-order valence-corrected chi connectivity index (χ1v) is 9.62. The molecule has 0 unspecified atom stereocenters. The van der Waals surface area contributed by atoms with E-state index in [2.05, 4.69) is 9.97 Å². The van der Waals surface area contributed by atoms with Crippen LogP contribution in [0, 0.1) is 13.8 Å². The van der Waals surface area contributed by atoms with Crippen molar-refractivity contribution in [1.82, 2.24) is 9.97 Å². The minimum absolute atomic E-state index is 0.00313. The van der Waals surface area contributed by atoms with Crippen LogP contribution in [0.25, 0.3) is 21.6 Å². The van der Waals surface area contributed by atoms with Gasteiger partial charge < -0.3 is 0 Å². The van der Waals surface area contributed by atoms with Crippen molar-refractivity contribution in [2.45, 2.75) is 20.0 Å². The van der Waals surface area contributed by atoms with Crippen LogP contribution in [0.2, 0.25) is 0 Å². The zero-order chi connectivity index (χ0) is 20.8. The van der Waals surface area contributed by atoms with Gasteiger partial charge in [0.15, 0.2) is 5.82 Å². The Morgan fingerprint density at radius 3 is 2.38 bits per heavy atom. The molecule has 0 aliphatic rings. The second-order valence-electron chi connectivity index (χ2n) is 6.64. The van der Waals surface area contributed by atoms with Crippen molar-refractivity contribution in [2.24, 2.45) is 0 Å². The molecule has 2 heterocycles. The van der Waals surface area contributed by atoms with Crippen molar-refractivity contribution < 1.29 is 18.0 Å². The SMILES string of the molecule is Cc1nc(-c2ccccc2)nc2sc(C(=O)c3cccc(C(F)(F)F)c3)c(C)c12. The third-order valence-electron chi connectivity index (χ3n) is 4.66. The summed E-state index contributed by atoms with van der Waals surface area (Å²) in [7, 11) is 0. The van der Waals surface area contributed by atoms with Gasteiger partial charge in [0, 0.05) is 16.5 Å². The van der Waals surface area contributed by atoms with E-state index in [0.29, 0.717) is 21.1 Å². The summed E-state index contributed by atoms with van der Waals surface area (Å²) in [5.41, 5.74) is 1.43. The average molecular weight is 412 g/mol. The summed E-state index contributed by atoms with van der Waals surface area (Å²) < 4.78 is 39.0. The van der Waals surface area contributed by atoms with Crippen LogP contribution in [0.1, 0.15) is 32.1 Å². The lowest BCUT2D eigenvalue weighted by atomic mass is 10.0. The number of rotatable bonds is 3. The van der Waals surface area contributed by atoms with Crippen LogP contribution in [0.15, 0.2) is 54.6 Å². The molecule has 3 nitrogen and oxygen atoms in total. The predicted molar refractivity (Wildman–Crippen MR) is 107 cm³/mol. The zero-order valence-corrected chi connectivity index (χ0v) is 16.4. The molecule has 0 spiro atoms. The van der Waals surface area contributed by atoms with Crippen LogP contribution in [-0.4, -0.2) is 15.8 Å². The van der Waals surface area contributed by atoms with E-state index in [-0.39, 0.29) is 5.56 Å². The highest BCUT2D eigenvalue weighted by Crippen LogP contribution is 2.35. The highest BCUT2D eigenvalue weighted by Gasteiger charge is 2.31. The minimum atomic E-state index is -4.50. The molecule has 2 aromatic carbocycles. The molecule has 4 aromatic rings. The first-order chi connectivity index (χ1) is 13.8. The number of hydrogen-bond acceptors (Lipinski definition) is 4. The number of carbonyl (C=O) groups is 1. The van der Waals surface area contributed by atoms with Gasteiger partial charge in [-0.05, 0) is 31.5 Å². The van der Waals surface area contributed by atoms with Crippen LogP contribution in [-0.2, 0) is 6.18 Å². The van der Waals surface area contributed by atoms with Gasteiger partial charge in [0.2, 0.25) is 5.78 Å². The summed E-state index contributed by atoms with van der Waals surface area (Å²) in [6, 6.07) is 14.0. The normalized spacial score (nSPS) is 11.8. The van der Waals surface area contributed by atoms with E-state index in [9.17, 15) is 18.0 Å². The molecule has 0 radical (unpaired) electrons. The van der Waals surface area contributed by atoms with Crippen molar-refractivity contribution in [3.63, 3.8) is 0 Å². The fourth-order valence-corrected chi connectivity index (χ4v) is 4.43. The van der Waals surface area contributed by atoms with Crippen molar-refractivity contribution in [3.8, 4) is 11.4 Å². The number of benzene rings is 2. The topological polar surface area (TPSA) is 42.9 Å². The fourth-order valence-electron chi connectivity index (χ4n) is 3.24. The van der Waals surface area contributed by atoms with Crippen molar-refractivity contribution in [2.75, 3.05) is 0 Å². The number of hydrogen-bond donors (Lipinski definition) is 0. The van der Waals surface area contributed by atoms with Crippen LogP contribution in [0.5, 0.6) is 0 Å². The summed E-state index contributed by atoms with van der Waals surface area (Å²) in [5, 5.41) is 0.769. The van der Waals surface area contributed by atoms with Gasteiger partial charge in [-0.2, -0.15) is 13.2 Å². The van der Waals surface area contributed by atoms with E-state index in [0.717, 1.165) is 28.8 Å². The van der Waals surface area contributed by atoms with Crippen LogP contribution < -0.4 is 0 Å². The number of carbonyl (C=O) groups excluding carboxylic acids is 1. The Morgan fingerprint density at radius 2 is 1.69 bits per heavy atom. The number of alkyl halides is 3. The number of aryl methyl sites for hydroxylation is 2. The third-order valence-corrected chi connectivity index (χ3v) is 5.85. The van der Waals surface area contributed by atoms with E-state index < -0.39 is 17.5 Å². The van der Waals surface area contributed by atoms with E-state index in [1.807, 2.05) is 37.3 Å². The Morgan fingerprint density at radius 1 is 0.966 bits per heavy atom. The standard InChI is InChI=1S/C22H15F3N2OS/c1-12-17-13(2)26-20(14-7-4-3-5-8-14)27-21(17)29-19(12)18(28)15-9-6-10-16(11-15)22(23,24)25/h3-11H,1-2H3. The first kappa shape index (κ1) is 19.3. The van der Waals surface area contributed by atoms with Gasteiger partial charge in [-0.1, -0.05) is 42.5 Å². The summed E-state index contributed by atoms with van der Waals surface area (Å²) >= 11 is 1.18. The second kappa shape index (κ2) is 7.08. The van der Waals surface area contributed by atoms with Gasteiger partial charge in [0.05, 0.1) is 16.1 Å². The Bertz CT molecular complexity index is 1230. The van der Waals surface area contributed by atoms with E-state index in [1.165, 1.54) is 23.5 Å². The van der Waals surface area contributed by atoms with Gasteiger partial charge in [-0.3, -0.25) is 4.79 Å². The molecule has 0 saturated heterocycles. The third kappa shape index (κ3) is 3.53. The molecule has 29 heavy (non-hydrogen) atoms. The van der Waals surface area contributed by atoms with Gasteiger partial charge >= 0.3 is 6.18 Å². The molecule has 0 amide bonds. The molecule has 4 rings (SSSR count). The number of ketones is 1. The summed E-state index contributed by atoms with van der Waals surface area (Å²) in [4.78, 5) is 23.2. The quantitative estimate of drug-likeness (QED) is 0.375. The lowest BCUT2D eigenvalue weighted by Crippen LogP contribution is -2.08. The maximum atomic E-state index is 13.0. The van der Waals surface area contributed by atoms with Gasteiger partial charge in [-0.25, -0.2) is 9.97 Å². The van der Waals surface area contributed by atoms with Crippen molar-refractivity contribution in [1.29, 1.82) is 0 Å². The monoisotopic (exact) mass is 412 g/mol. The van der Waals surface area contributed by atoms with E-state index in [1.54, 1.807) is 6.92 Å². The molecule has 0 atom stereocenters. The first-order valence-electron chi connectivity index (χ1n) is 8.81. The number of halogens is 3. The van der Waals surface area contributed by atoms with Gasteiger partial charge in [0.25, 0.3) is 0 Å². The maximum Gasteiger partial charge on any atom is 0.416 e. The summed E-state index contributed by atoms with van der Waals surface area (Å²) in [5.74, 6) is 0.104. The van der Waals surface area contributed by atoms with Crippen LogP contribution in [0.4, 0.5) is 13.2 Å². The van der Waals surface area contributed by atoms with Gasteiger partial charge in [0.1, 0.15) is 4.83 Å². The number of fused-ring (bicyclic) bond motifs is 1. The van der Waals surface area contributed by atoms with E-state index >= 15 is 0 Å². The Kier molecular flexibility index (Phi) is 4.70. The lowest BCUT2D eigenvalue weighted by molar-refractivity contribution is -0.137. The summed E-state index contributed by atoms with van der Waals surface area (Å²) in [6.07, 6.45) is -4.50. The smallest absolute Gasteiger partial charge is 0.288 e. The van der Waals surface area contributed by atoms with E-state index in [4.69, 9.17) is 0 Å². The lowest BCUT2D eigenvalue weighted by Gasteiger charge is -2.08.